The van der Waals surface area contributed by atoms with Crippen LogP contribution in [0.2, 0.25) is 19.6 Å². The number of cyclic esters (lactones) is 1. The Bertz CT molecular complexity index is 1230. The predicted octanol–water partition coefficient (Wildman–Crippen LogP) is 6.80. The molecule has 1 aliphatic heterocycles. The zero-order valence-corrected chi connectivity index (χ0v) is 22.9. The van der Waals surface area contributed by atoms with E-state index in [4.69, 9.17) is 9.47 Å². The molecule has 6 heteroatoms. The lowest BCUT2D eigenvalue weighted by molar-refractivity contribution is -0.0174. The highest BCUT2D eigenvalue weighted by molar-refractivity contribution is 6.83. The molecular weight excluding hydrogens is 478 g/mol. The molecule has 1 fully saturated rings. The number of hydrogen-bond acceptors (Lipinski definition) is 4. The highest BCUT2D eigenvalue weighted by atomic mass is 28.3. The van der Waals surface area contributed by atoms with E-state index in [1.54, 1.807) is 11.1 Å². The fourth-order valence-electron chi connectivity index (χ4n) is 4.52. The van der Waals surface area contributed by atoms with Crippen molar-refractivity contribution in [2.24, 2.45) is 0 Å². The van der Waals surface area contributed by atoms with Gasteiger partial charge in [-0.15, -0.1) is 5.73 Å². The average molecular weight is 514 g/mol. The first-order valence-electron chi connectivity index (χ1n) is 12.7. The second-order valence-electron chi connectivity index (χ2n) is 10.4. The molecule has 0 unspecified atom stereocenters. The molecule has 0 spiro atoms. The molecule has 3 aromatic carbocycles. The molecule has 1 aliphatic rings. The Balaban J connectivity index is 1.65. The molecule has 0 aliphatic carbocycles. The molecule has 0 aromatic heterocycles. The molecule has 1 saturated heterocycles. The van der Waals surface area contributed by atoms with Crippen molar-refractivity contribution >= 4 is 14.2 Å². The number of hydrogen-bond donors (Lipinski definition) is 1. The van der Waals surface area contributed by atoms with Gasteiger partial charge < -0.3 is 14.6 Å². The van der Waals surface area contributed by atoms with Crippen molar-refractivity contribution in [1.29, 1.82) is 0 Å². The summed E-state index contributed by atoms with van der Waals surface area (Å²) in [5.74, 6) is 0. The summed E-state index contributed by atoms with van der Waals surface area (Å²) in [6.45, 7) is 8.74. The van der Waals surface area contributed by atoms with Crippen LogP contribution in [0.4, 0.5) is 4.79 Å². The third-order valence-corrected chi connectivity index (χ3v) is 8.61. The Labute approximate surface area is 220 Å². The number of nitrogens with zero attached hydrogens (tertiary/aromatic N) is 1. The Hall–Kier alpha value is -3.41. The fourth-order valence-corrected chi connectivity index (χ4v) is 6.14. The number of ether oxygens (including phenoxy) is 2. The Morgan fingerprint density at radius 2 is 1.51 bits per heavy atom. The van der Waals surface area contributed by atoms with Gasteiger partial charge in [0.05, 0.1) is 27.0 Å². The quantitative estimate of drug-likeness (QED) is 0.252. The van der Waals surface area contributed by atoms with Crippen LogP contribution in [0.5, 0.6) is 0 Å². The molecule has 0 bridgehead atoms. The molecule has 192 valence electrons. The van der Waals surface area contributed by atoms with Crippen LogP contribution < -0.4 is 0 Å². The van der Waals surface area contributed by atoms with E-state index in [0.717, 1.165) is 21.9 Å². The fraction of sp³-hybridized carbons (Fsp3) is 0.290. The van der Waals surface area contributed by atoms with Gasteiger partial charge in [-0.3, -0.25) is 4.90 Å². The van der Waals surface area contributed by atoms with Crippen LogP contribution >= 0.6 is 0 Å². The van der Waals surface area contributed by atoms with E-state index in [1.807, 2.05) is 97.9 Å². The van der Waals surface area contributed by atoms with Crippen molar-refractivity contribution in [3.63, 3.8) is 0 Å². The van der Waals surface area contributed by atoms with Gasteiger partial charge in [0, 0.05) is 0 Å². The van der Waals surface area contributed by atoms with Crippen molar-refractivity contribution in [2.45, 2.75) is 57.5 Å². The SMILES string of the molecule is C[C@H](OCc1ccccc1)[C@@H](O)C(=C=CN1C(=O)O[C@H](c2ccccc2)[C@@H]1c1ccccc1)[Si](C)(C)C. The Morgan fingerprint density at radius 3 is 2.08 bits per heavy atom. The topological polar surface area (TPSA) is 59.0 Å². The lowest BCUT2D eigenvalue weighted by Gasteiger charge is -2.28. The molecule has 1 amide bonds. The van der Waals surface area contributed by atoms with E-state index in [-0.39, 0.29) is 6.04 Å². The molecule has 1 N–H and O–H groups in total. The van der Waals surface area contributed by atoms with Gasteiger partial charge in [0.15, 0.2) is 6.10 Å². The number of amides is 1. The predicted molar refractivity (Wildman–Crippen MR) is 148 cm³/mol. The monoisotopic (exact) mass is 513 g/mol. The Morgan fingerprint density at radius 1 is 0.973 bits per heavy atom. The molecule has 3 aromatic rings. The van der Waals surface area contributed by atoms with Crippen LogP contribution in [0.15, 0.2) is 108 Å². The molecule has 37 heavy (non-hydrogen) atoms. The molecule has 4 rings (SSSR count). The van der Waals surface area contributed by atoms with Crippen molar-refractivity contribution < 1.29 is 19.4 Å². The van der Waals surface area contributed by atoms with E-state index in [2.05, 4.69) is 25.4 Å². The van der Waals surface area contributed by atoms with Crippen LogP contribution in [0.3, 0.4) is 0 Å². The van der Waals surface area contributed by atoms with Crippen LogP contribution in [0, 0.1) is 0 Å². The first kappa shape index (κ1) is 26.6. The number of carbonyl (C=O) groups is 1. The minimum Gasteiger partial charge on any atom is -0.438 e. The van der Waals surface area contributed by atoms with Gasteiger partial charge in [-0.25, -0.2) is 4.79 Å². The molecule has 5 nitrogen and oxygen atoms in total. The van der Waals surface area contributed by atoms with Gasteiger partial charge in [0.1, 0.15) is 12.1 Å². The maximum atomic E-state index is 13.1. The summed E-state index contributed by atoms with van der Waals surface area (Å²) in [6, 6.07) is 29.2. The van der Waals surface area contributed by atoms with Crippen molar-refractivity contribution in [3.8, 4) is 0 Å². The van der Waals surface area contributed by atoms with Crippen molar-refractivity contribution in [2.75, 3.05) is 0 Å². The van der Waals surface area contributed by atoms with Crippen LogP contribution in [-0.2, 0) is 16.1 Å². The second kappa shape index (κ2) is 11.8. The standard InChI is InChI=1S/C31H35NO4Si/c1-23(35-22-24-14-8-5-9-15-24)29(33)27(37(2,3)4)20-21-32-28(25-16-10-6-11-17-25)30(36-31(32)34)26-18-12-7-13-19-26/h5-19,21,23,28-30,33H,22H2,1-4H3/t20?,23-,28-,29+,30+/m0/s1. The van der Waals surface area contributed by atoms with Gasteiger partial charge in [-0.05, 0) is 28.8 Å². The van der Waals surface area contributed by atoms with E-state index < -0.39 is 32.5 Å². The summed E-state index contributed by atoms with van der Waals surface area (Å²) in [5.41, 5.74) is 6.28. The summed E-state index contributed by atoms with van der Waals surface area (Å²) in [4.78, 5) is 14.7. The number of rotatable bonds is 9. The van der Waals surface area contributed by atoms with Gasteiger partial charge in [0.2, 0.25) is 0 Å². The maximum absolute atomic E-state index is 13.1. The second-order valence-corrected chi connectivity index (χ2v) is 15.4. The smallest absolute Gasteiger partial charge is 0.415 e. The summed E-state index contributed by atoms with van der Waals surface area (Å²) < 4.78 is 11.9. The van der Waals surface area contributed by atoms with Gasteiger partial charge >= 0.3 is 6.09 Å². The number of aliphatic hydroxyl groups is 1. The zero-order valence-electron chi connectivity index (χ0n) is 21.9. The lowest BCUT2D eigenvalue weighted by atomic mass is 9.96. The highest BCUT2D eigenvalue weighted by Gasteiger charge is 2.43. The molecule has 4 atom stereocenters. The summed E-state index contributed by atoms with van der Waals surface area (Å²) in [7, 11) is -2.03. The normalized spacial score (nSPS) is 19.1. The largest absolute Gasteiger partial charge is 0.438 e. The van der Waals surface area contributed by atoms with Crippen molar-refractivity contribution in [3.05, 3.63) is 125 Å². The van der Waals surface area contributed by atoms with Gasteiger partial charge in [-0.2, -0.15) is 0 Å². The van der Waals surface area contributed by atoms with Crippen LogP contribution in [-0.4, -0.2) is 36.4 Å². The average Bonchev–Trinajstić information content (AvgIpc) is 3.24. The number of aliphatic hydroxyl groups excluding tert-OH is 1. The van der Waals surface area contributed by atoms with E-state index in [9.17, 15) is 9.90 Å². The first-order chi connectivity index (χ1) is 17.8. The van der Waals surface area contributed by atoms with Crippen LogP contribution in [0.1, 0.15) is 35.8 Å². The molecule has 0 saturated carbocycles. The van der Waals surface area contributed by atoms with E-state index >= 15 is 0 Å². The third-order valence-electron chi connectivity index (χ3n) is 6.56. The van der Waals surface area contributed by atoms with E-state index in [1.165, 1.54) is 0 Å². The zero-order chi connectivity index (χ0) is 26.4. The maximum Gasteiger partial charge on any atom is 0.415 e. The Kier molecular flexibility index (Phi) is 8.47. The highest BCUT2D eigenvalue weighted by Crippen LogP contribution is 2.43. The molecule has 0 radical (unpaired) electrons. The summed E-state index contributed by atoms with van der Waals surface area (Å²) in [5, 5.41) is 12.1. The molecular formula is C31H35NO4Si. The van der Waals surface area contributed by atoms with Gasteiger partial charge in [-0.1, -0.05) is 111 Å². The lowest BCUT2D eigenvalue weighted by Crippen LogP contribution is -2.38. The summed E-state index contributed by atoms with van der Waals surface area (Å²) in [6.07, 6.45) is -0.514. The van der Waals surface area contributed by atoms with Gasteiger partial charge in [0.25, 0.3) is 0 Å². The summed E-state index contributed by atoms with van der Waals surface area (Å²) >= 11 is 0. The minimum atomic E-state index is -2.03. The van der Waals surface area contributed by atoms with Crippen molar-refractivity contribution in [1.82, 2.24) is 4.90 Å². The van der Waals surface area contributed by atoms with E-state index in [0.29, 0.717) is 6.61 Å². The third kappa shape index (κ3) is 6.48. The first-order valence-corrected chi connectivity index (χ1v) is 16.2. The van der Waals surface area contributed by atoms with Crippen LogP contribution in [0.25, 0.3) is 0 Å². The minimum absolute atomic E-state index is 0.351. The molecule has 1 heterocycles. The number of carbonyl (C=O) groups excluding carboxylic acids is 1. The number of benzene rings is 3.